The summed E-state index contributed by atoms with van der Waals surface area (Å²) in [5.41, 5.74) is 3.69. The van der Waals surface area contributed by atoms with Gasteiger partial charge in [0.2, 0.25) is 0 Å². The van der Waals surface area contributed by atoms with Crippen LogP contribution in [0.15, 0.2) is 78.9 Å². The summed E-state index contributed by atoms with van der Waals surface area (Å²) in [5, 5.41) is 0. The Bertz CT molecular complexity index is 842. The number of thioether (sulfide) groups is 2. The normalized spacial score (nSPS) is 14.6. The maximum atomic E-state index is 5.95. The molecule has 2 nitrogen and oxygen atoms in total. The highest BCUT2D eigenvalue weighted by atomic mass is 32.2. The molecule has 0 N–H and O–H groups in total. The third-order valence-electron chi connectivity index (χ3n) is 4.56. The van der Waals surface area contributed by atoms with Gasteiger partial charge in [0.15, 0.2) is 0 Å². The maximum absolute atomic E-state index is 5.95. The summed E-state index contributed by atoms with van der Waals surface area (Å²) in [7, 11) is 0. The summed E-state index contributed by atoms with van der Waals surface area (Å²) in [6, 6.07) is 26.9. The van der Waals surface area contributed by atoms with Gasteiger partial charge in [-0.1, -0.05) is 54.6 Å². The van der Waals surface area contributed by atoms with E-state index in [2.05, 4.69) is 48.5 Å². The summed E-state index contributed by atoms with van der Waals surface area (Å²) in [6.07, 6.45) is 1.32. The van der Waals surface area contributed by atoms with Crippen LogP contribution in [0.1, 0.15) is 27.7 Å². The third kappa shape index (κ3) is 5.49. The topological polar surface area (TPSA) is 18.5 Å². The van der Waals surface area contributed by atoms with Gasteiger partial charge in [-0.15, -0.1) is 23.5 Å². The minimum Gasteiger partial charge on any atom is -0.489 e. The van der Waals surface area contributed by atoms with Crippen molar-refractivity contribution < 1.29 is 9.47 Å². The van der Waals surface area contributed by atoms with Crippen LogP contribution in [-0.4, -0.2) is 11.5 Å². The third-order valence-corrected chi connectivity index (χ3v) is 7.57. The molecule has 0 bridgehead atoms. The van der Waals surface area contributed by atoms with Gasteiger partial charge in [-0.05, 0) is 58.9 Å². The molecule has 0 aromatic heterocycles. The van der Waals surface area contributed by atoms with Gasteiger partial charge in [-0.2, -0.15) is 0 Å². The number of hydrogen-bond acceptors (Lipinski definition) is 4. The van der Waals surface area contributed by atoms with Crippen LogP contribution in [-0.2, 0) is 13.2 Å². The highest BCUT2D eigenvalue weighted by Gasteiger charge is 2.16. The van der Waals surface area contributed by atoms with Crippen LogP contribution in [0.5, 0.6) is 11.5 Å². The zero-order valence-corrected chi connectivity index (χ0v) is 17.4. The molecule has 0 radical (unpaired) electrons. The average Bonchev–Trinajstić information content (AvgIpc) is 2.79. The van der Waals surface area contributed by atoms with Crippen LogP contribution in [0.25, 0.3) is 0 Å². The molecule has 4 heteroatoms. The van der Waals surface area contributed by atoms with Crippen LogP contribution in [0, 0.1) is 0 Å². The lowest BCUT2D eigenvalue weighted by Crippen LogP contribution is -2.00. The van der Waals surface area contributed by atoms with E-state index in [9.17, 15) is 0 Å². The number of benzene rings is 3. The van der Waals surface area contributed by atoms with Gasteiger partial charge >= 0.3 is 0 Å². The Morgan fingerprint density at radius 2 is 1.18 bits per heavy atom. The van der Waals surface area contributed by atoms with Crippen molar-refractivity contribution in [3.8, 4) is 11.5 Å². The van der Waals surface area contributed by atoms with E-state index in [1.165, 1.54) is 29.1 Å². The maximum Gasteiger partial charge on any atom is 0.119 e. The summed E-state index contributed by atoms with van der Waals surface area (Å²) in [6.45, 7) is 1.14. The molecule has 0 unspecified atom stereocenters. The van der Waals surface area contributed by atoms with Crippen molar-refractivity contribution in [1.29, 1.82) is 0 Å². The number of rotatable bonds is 7. The molecule has 1 fully saturated rings. The van der Waals surface area contributed by atoms with E-state index >= 15 is 0 Å². The molecule has 1 heterocycles. The largest absolute Gasteiger partial charge is 0.489 e. The molecule has 3 aromatic carbocycles. The van der Waals surface area contributed by atoms with E-state index in [4.69, 9.17) is 9.47 Å². The van der Waals surface area contributed by atoms with E-state index in [0.717, 1.165) is 17.1 Å². The molecule has 0 atom stereocenters. The molecular formula is C24H24O2S2. The predicted octanol–water partition coefficient (Wildman–Crippen LogP) is 6.71. The van der Waals surface area contributed by atoms with Crippen molar-refractivity contribution in [2.24, 2.45) is 0 Å². The molecule has 0 aliphatic carbocycles. The van der Waals surface area contributed by atoms with E-state index in [-0.39, 0.29) is 0 Å². The first kappa shape index (κ1) is 19.3. The van der Waals surface area contributed by atoms with Crippen LogP contribution < -0.4 is 9.47 Å². The summed E-state index contributed by atoms with van der Waals surface area (Å²) in [4.78, 5) is 0. The molecule has 0 saturated carbocycles. The van der Waals surface area contributed by atoms with Crippen molar-refractivity contribution in [3.05, 3.63) is 95.6 Å². The number of hydrogen-bond donors (Lipinski definition) is 0. The SMILES string of the molecule is c1ccc(COc2ccc(COc3ccc(C4SCCCS4)cc3)cc2)cc1. The number of ether oxygens (including phenoxy) is 2. The molecule has 1 aliphatic rings. The molecule has 0 amide bonds. The quantitative estimate of drug-likeness (QED) is 0.432. The lowest BCUT2D eigenvalue weighted by molar-refractivity contribution is 0.301. The molecule has 144 valence electrons. The van der Waals surface area contributed by atoms with Gasteiger partial charge in [0.05, 0.1) is 4.58 Å². The molecule has 0 spiro atoms. The van der Waals surface area contributed by atoms with Crippen LogP contribution in [0.3, 0.4) is 0 Å². The van der Waals surface area contributed by atoms with E-state index in [0.29, 0.717) is 17.8 Å². The van der Waals surface area contributed by atoms with Crippen LogP contribution in [0.4, 0.5) is 0 Å². The fraction of sp³-hybridized carbons (Fsp3) is 0.250. The van der Waals surface area contributed by atoms with Crippen molar-refractivity contribution in [1.82, 2.24) is 0 Å². The first-order valence-corrected chi connectivity index (χ1v) is 11.7. The second-order valence-electron chi connectivity index (χ2n) is 6.70. The Kier molecular flexibility index (Phi) is 6.85. The molecule has 4 rings (SSSR count). The van der Waals surface area contributed by atoms with Gasteiger partial charge in [0.1, 0.15) is 24.7 Å². The average molecular weight is 409 g/mol. The monoisotopic (exact) mass is 408 g/mol. The van der Waals surface area contributed by atoms with Crippen molar-refractivity contribution in [3.63, 3.8) is 0 Å². The molecule has 1 saturated heterocycles. The van der Waals surface area contributed by atoms with Crippen molar-refractivity contribution >= 4 is 23.5 Å². The zero-order valence-electron chi connectivity index (χ0n) is 15.8. The summed E-state index contributed by atoms with van der Waals surface area (Å²) >= 11 is 4.09. The van der Waals surface area contributed by atoms with Gasteiger partial charge < -0.3 is 9.47 Å². The predicted molar refractivity (Wildman–Crippen MR) is 120 cm³/mol. The molecule has 1 aliphatic heterocycles. The first-order valence-electron chi connectivity index (χ1n) is 9.58. The fourth-order valence-corrected chi connectivity index (χ4v) is 5.89. The van der Waals surface area contributed by atoms with E-state index < -0.39 is 0 Å². The summed E-state index contributed by atoms with van der Waals surface area (Å²) in [5.74, 6) is 4.32. The van der Waals surface area contributed by atoms with Crippen molar-refractivity contribution in [2.45, 2.75) is 24.2 Å². The van der Waals surface area contributed by atoms with Gasteiger partial charge in [-0.3, -0.25) is 0 Å². The highest BCUT2D eigenvalue weighted by Crippen LogP contribution is 2.43. The standard InChI is InChI=1S/C24H24O2S2/c1-2-5-19(6-3-1)17-25-22-11-7-20(8-12-22)18-26-23-13-9-21(10-14-23)24-27-15-4-16-28-24/h1-3,5-14,24H,4,15-18H2. The lowest BCUT2D eigenvalue weighted by atomic mass is 10.2. The van der Waals surface area contributed by atoms with E-state index in [1.54, 1.807) is 0 Å². The van der Waals surface area contributed by atoms with Gasteiger partial charge in [-0.25, -0.2) is 0 Å². The first-order chi connectivity index (χ1) is 13.9. The second kappa shape index (κ2) is 9.94. The smallest absolute Gasteiger partial charge is 0.119 e. The van der Waals surface area contributed by atoms with Gasteiger partial charge in [0, 0.05) is 0 Å². The Hall–Kier alpha value is -2.04. The molecule has 3 aromatic rings. The Labute approximate surface area is 175 Å². The fourth-order valence-electron chi connectivity index (χ4n) is 2.99. The zero-order chi connectivity index (χ0) is 19.0. The Balaban J connectivity index is 1.26. The second-order valence-corrected chi connectivity index (χ2v) is 9.43. The molecular weight excluding hydrogens is 384 g/mol. The minimum absolute atomic E-state index is 0.561. The minimum atomic E-state index is 0.561. The molecule has 28 heavy (non-hydrogen) atoms. The Morgan fingerprint density at radius 3 is 1.79 bits per heavy atom. The highest BCUT2D eigenvalue weighted by molar-refractivity contribution is 8.16. The Morgan fingerprint density at radius 1 is 0.643 bits per heavy atom. The van der Waals surface area contributed by atoms with E-state index in [1.807, 2.05) is 53.9 Å². The van der Waals surface area contributed by atoms with Gasteiger partial charge in [0.25, 0.3) is 0 Å². The summed E-state index contributed by atoms with van der Waals surface area (Å²) < 4.78 is 12.4. The van der Waals surface area contributed by atoms with Crippen LogP contribution >= 0.6 is 23.5 Å². The van der Waals surface area contributed by atoms with Crippen LogP contribution in [0.2, 0.25) is 0 Å². The lowest BCUT2D eigenvalue weighted by Gasteiger charge is -2.21. The van der Waals surface area contributed by atoms with Crippen molar-refractivity contribution in [2.75, 3.05) is 11.5 Å².